The third-order valence-corrected chi connectivity index (χ3v) is 4.77. The van der Waals surface area contributed by atoms with Gasteiger partial charge in [-0.3, -0.25) is 4.90 Å². The van der Waals surface area contributed by atoms with Crippen molar-refractivity contribution in [3.05, 3.63) is 30.3 Å². The number of hydrogen-bond acceptors (Lipinski definition) is 3. The molecule has 0 radical (unpaired) electrons. The van der Waals surface area contributed by atoms with Crippen LogP contribution < -0.4 is 5.32 Å². The minimum atomic E-state index is -0.955. The lowest BCUT2D eigenvalue weighted by atomic mass is 10.1. The molecule has 2 amide bonds. The fraction of sp³-hybridized carbons (Fsp3) is 0.429. The maximum Gasteiger partial charge on any atom is 0.327 e. The maximum absolute atomic E-state index is 12.4. The predicted molar refractivity (Wildman–Crippen MR) is 79.8 cm³/mol. The van der Waals surface area contributed by atoms with Crippen LogP contribution in [0.25, 0.3) is 0 Å². The summed E-state index contributed by atoms with van der Waals surface area (Å²) in [6.07, 6.45) is 0. The molecule has 2 N–H and O–H groups in total. The van der Waals surface area contributed by atoms with E-state index in [2.05, 4.69) is 5.32 Å². The molecule has 0 aliphatic carbocycles. The van der Waals surface area contributed by atoms with Gasteiger partial charge in [0, 0.05) is 11.4 Å². The highest BCUT2D eigenvalue weighted by Gasteiger charge is 2.42. The van der Waals surface area contributed by atoms with Gasteiger partial charge in [-0.25, -0.2) is 9.59 Å². The Hall–Kier alpha value is -1.69. The first-order chi connectivity index (χ1) is 9.50. The number of carbonyl (C=O) groups excluding carboxylic acids is 1. The molecule has 0 bridgehead atoms. The molecule has 1 aliphatic heterocycles. The van der Waals surface area contributed by atoms with Gasteiger partial charge in [-0.2, -0.15) is 0 Å². The van der Waals surface area contributed by atoms with Crippen molar-refractivity contribution in [3.63, 3.8) is 0 Å². The molecule has 1 heterocycles. The average Bonchev–Trinajstić information content (AvgIpc) is 2.84. The number of para-hydroxylation sites is 1. The van der Waals surface area contributed by atoms with Crippen molar-refractivity contribution in [2.45, 2.75) is 25.3 Å². The summed E-state index contributed by atoms with van der Waals surface area (Å²) in [6.45, 7) is 3.98. The van der Waals surface area contributed by atoms with Gasteiger partial charge < -0.3 is 10.4 Å². The Labute approximate surface area is 122 Å². The van der Waals surface area contributed by atoms with Crippen molar-refractivity contribution < 1.29 is 14.7 Å². The second kappa shape index (κ2) is 6.17. The number of amides is 2. The Morgan fingerprint density at radius 2 is 2.00 bits per heavy atom. The number of nitrogens with zero attached hydrogens (tertiary/aromatic N) is 1. The van der Waals surface area contributed by atoms with Gasteiger partial charge in [-0.05, 0) is 18.1 Å². The van der Waals surface area contributed by atoms with Crippen LogP contribution in [0.15, 0.2) is 30.3 Å². The first kappa shape index (κ1) is 14.7. The third kappa shape index (κ3) is 3.07. The summed E-state index contributed by atoms with van der Waals surface area (Å²) in [5.41, 5.74) is 0.668. The van der Waals surface area contributed by atoms with Gasteiger partial charge in [0.1, 0.15) is 6.04 Å². The van der Waals surface area contributed by atoms with Crippen LogP contribution in [0.3, 0.4) is 0 Å². The van der Waals surface area contributed by atoms with Crippen LogP contribution in [-0.2, 0) is 4.79 Å². The number of thioether (sulfide) groups is 1. The van der Waals surface area contributed by atoms with Gasteiger partial charge >= 0.3 is 12.0 Å². The van der Waals surface area contributed by atoms with Crippen LogP contribution in [0.4, 0.5) is 10.5 Å². The number of nitrogens with one attached hydrogen (secondary N) is 1. The molecule has 2 unspecified atom stereocenters. The molecule has 2 rings (SSSR count). The van der Waals surface area contributed by atoms with Crippen molar-refractivity contribution in [2.24, 2.45) is 5.92 Å². The summed E-state index contributed by atoms with van der Waals surface area (Å²) in [6, 6.07) is 7.94. The SMILES string of the molecule is CC(C)C1SCC(C(=O)O)N1C(=O)Nc1ccccc1. The summed E-state index contributed by atoms with van der Waals surface area (Å²) in [5.74, 6) is -0.324. The number of benzene rings is 1. The van der Waals surface area contributed by atoms with E-state index in [1.54, 1.807) is 12.1 Å². The van der Waals surface area contributed by atoms with Crippen molar-refractivity contribution in [1.29, 1.82) is 0 Å². The van der Waals surface area contributed by atoms with Crippen LogP contribution in [0.1, 0.15) is 13.8 Å². The highest BCUT2D eigenvalue weighted by molar-refractivity contribution is 8.00. The smallest absolute Gasteiger partial charge is 0.327 e. The fourth-order valence-electron chi connectivity index (χ4n) is 2.20. The topological polar surface area (TPSA) is 69.6 Å². The molecule has 6 heteroatoms. The highest BCUT2D eigenvalue weighted by atomic mass is 32.2. The van der Waals surface area contributed by atoms with E-state index in [0.717, 1.165) is 0 Å². The minimum Gasteiger partial charge on any atom is -0.480 e. The molecular weight excluding hydrogens is 276 g/mol. The number of rotatable bonds is 3. The number of anilines is 1. The Kier molecular flexibility index (Phi) is 4.54. The van der Waals surface area contributed by atoms with E-state index in [1.807, 2.05) is 32.0 Å². The van der Waals surface area contributed by atoms with E-state index < -0.39 is 12.0 Å². The van der Waals surface area contributed by atoms with E-state index in [4.69, 9.17) is 0 Å². The molecule has 1 aromatic carbocycles. The molecule has 0 aromatic heterocycles. The molecule has 0 spiro atoms. The van der Waals surface area contributed by atoms with Crippen LogP contribution in [0, 0.1) is 5.92 Å². The van der Waals surface area contributed by atoms with Crippen LogP contribution in [-0.4, -0.2) is 39.2 Å². The van der Waals surface area contributed by atoms with E-state index in [9.17, 15) is 14.7 Å². The lowest BCUT2D eigenvalue weighted by Crippen LogP contribution is -2.49. The summed E-state index contributed by atoms with van der Waals surface area (Å²) in [5, 5.41) is 11.9. The van der Waals surface area contributed by atoms with E-state index in [-0.39, 0.29) is 17.3 Å². The zero-order valence-electron chi connectivity index (χ0n) is 11.4. The number of hydrogen-bond donors (Lipinski definition) is 2. The summed E-state index contributed by atoms with van der Waals surface area (Å²) in [4.78, 5) is 25.1. The number of carbonyl (C=O) groups is 2. The van der Waals surface area contributed by atoms with Gasteiger partial charge in [-0.1, -0.05) is 32.0 Å². The third-order valence-electron chi connectivity index (χ3n) is 3.15. The molecule has 1 aromatic rings. The van der Waals surface area contributed by atoms with E-state index in [1.165, 1.54) is 16.7 Å². The first-order valence-electron chi connectivity index (χ1n) is 6.49. The van der Waals surface area contributed by atoms with Gasteiger partial charge in [0.25, 0.3) is 0 Å². The van der Waals surface area contributed by atoms with Crippen LogP contribution >= 0.6 is 11.8 Å². The zero-order valence-corrected chi connectivity index (χ0v) is 12.3. The number of urea groups is 1. The highest BCUT2D eigenvalue weighted by Crippen LogP contribution is 2.34. The average molecular weight is 294 g/mol. The molecule has 5 nitrogen and oxygen atoms in total. The fourth-order valence-corrected chi connectivity index (χ4v) is 3.67. The van der Waals surface area contributed by atoms with Gasteiger partial charge in [-0.15, -0.1) is 11.8 Å². The molecule has 2 atom stereocenters. The molecule has 0 saturated carbocycles. The lowest BCUT2D eigenvalue weighted by molar-refractivity contribution is -0.141. The van der Waals surface area contributed by atoms with Gasteiger partial charge in [0.2, 0.25) is 0 Å². The van der Waals surface area contributed by atoms with Gasteiger partial charge in [0.05, 0.1) is 5.37 Å². The molecule has 1 aliphatic rings. The standard InChI is InChI=1S/C14H18N2O3S/c1-9(2)12-16(11(8-20-12)13(17)18)14(19)15-10-6-4-3-5-7-10/h3-7,9,11-12H,8H2,1-2H3,(H,15,19)(H,17,18). The second-order valence-electron chi connectivity index (χ2n) is 5.03. The molecular formula is C14H18N2O3S. The Bertz CT molecular complexity index is 492. The minimum absolute atomic E-state index is 0.111. The summed E-state index contributed by atoms with van der Waals surface area (Å²) < 4.78 is 0. The summed E-state index contributed by atoms with van der Waals surface area (Å²) in [7, 11) is 0. The van der Waals surface area contributed by atoms with Gasteiger partial charge in [0.15, 0.2) is 0 Å². The molecule has 20 heavy (non-hydrogen) atoms. The zero-order chi connectivity index (χ0) is 14.7. The number of aliphatic carboxylic acids is 1. The van der Waals surface area contributed by atoms with Crippen molar-refractivity contribution >= 4 is 29.4 Å². The normalized spacial score (nSPS) is 22.1. The Morgan fingerprint density at radius 1 is 1.35 bits per heavy atom. The van der Waals surface area contributed by atoms with E-state index >= 15 is 0 Å². The first-order valence-corrected chi connectivity index (χ1v) is 7.54. The second-order valence-corrected chi connectivity index (χ2v) is 6.18. The summed E-state index contributed by atoms with van der Waals surface area (Å²) >= 11 is 1.52. The lowest BCUT2D eigenvalue weighted by Gasteiger charge is -2.29. The number of carboxylic acids is 1. The van der Waals surface area contributed by atoms with Crippen molar-refractivity contribution in [2.75, 3.05) is 11.1 Å². The number of carboxylic acid groups (broad SMARTS) is 1. The maximum atomic E-state index is 12.4. The quantitative estimate of drug-likeness (QED) is 0.899. The Morgan fingerprint density at radius 3 is 2.55 bits per heavy atom. The van der Waals surface area contributed by atoms with E-state index in [0.29, 0.717) is 11.4 Å². The van der Waals surface area contributed by atoms with Crippen LogP contribution in [0.5, 0.6) is 0 Å². The Balaban J connectivity index is 2.17. The molecule has 1 fully saturated rings. The molecule has 1 saturated heterocycles. The van der Waals surface area contributed by atoms with Crippen molar-refractivity contribution in [3.8, 4) is 0 Å². The van der Waals surface area contributed by atoms with Crippen LogP contribution in [0.2, 0.25) is 0 Å². The monoisotopic (exact) mass is 294 g/mol. The predicted octanol–water partition coefficient (Wildman–Crippen LogP) is 2.70. The molecule has 108 valence electrons. The van der Waals surface area contributed by atoms with Crippen molar-refractivity contribution in [1.82, 2.24) is 4.90 Å². The largest absolute Gasteiger partial charge is 0.480 e.